The second kappa shape index (κ2) is 8.10. The van der Waals surface area contributed by atoms with Crippen molar-refractivity contribution in [3.05, 3.63) is 24.0 Å². The monoisotopic (exact) mass is 234 g/mol. The van der Waals surface area contributed by atoms with Crippen molar-refractivity contribution < 1.29 is 0 Å². The number of hydrogen-bond acceptors (Lipinski definition) is 2. The van der Waals surface area contributed by atoms with Crippen LogP contribution in [0, 0.1) is 0 Å². The lowest BCUT2D eigenvalue weighted by Gasteiger charge is -2.22. The van der Waals surface area contributed by atoms with Gasteiger partial charge < -0.3 is 4.90 Å². The summed E-state index contributed by atoms with van der Waals surface area (Å²) in [6, 6.07) is 4.37. The zero-order chi connectivity index (χ0) is 12.5. The van der Waals surface area contributed by atoms with Crippen molar-refractivity contribution in [3.63, 3.8) is 0 Å². The lowest BCUT2D eigenvalue weighted by molar-refractivity contribution is 0.726. The van der Waals surface area contributed by atoms with Gasteiger partial charge >= 0.3 is 0 Å². The van der Waals surface area contributed by atoms with E-state index in [0.717, 1.165) is 6.42 Å². The van der Waals surface area contributed by atoms with E-state index in [1.54, 1.807) is 0 Å². The number of aromatic nitrogens is 1. The van der Waals surface area contributed by atoms with Gasteiger partial charge in [0.1, 0.15) is 0 Å². The van der Waals surface area contributed by atoms with E-state index in [1.807, 2.05) is 20.0 Å². The predicted molar refractivity (Wildman–Crippen MR) is 75.6 cm³/mol. The summed E-state index contributed by atoms with van der Waals surface area (Å²) in [7, 11) is 0. The Morgan fingerprint density at radius 1 is 1.06 bits per heavy atom. The van der Waals surface area contributed by atoms with Gasteiger partial charge in [-0.1, -0.05) is 33.6 Å². The molecule has 0 spiro atoms. The summed E-state index contributed by atoms with van der Waals surface area (Å²) >= 11 is 0. The number of anilines is 1. The first-order valence-corrected chi connectivity index (χ1v) is 7.10. The highest BCUT2D eigenvalue weighted by Gasteiger charge is 2.09. The second-order valence-electron chi connectivity index (χ2n) is 4.26. The van der Waals surface area contributed by atoms with Crippen molar-refractivity contribution in [3.8, 4) is 0 Å². The molecule has 1 fully saturated rings. The summed E-state index contributed by atoms with van der Waals surface area (Å²) in [5.41, 5.74) is 2.49. The largest absolute Gasteiger partial charge is 0.370 e. The molecule has 0 bridgehead atoms. The zero-order valence-electron chi connectivity index (χ0n) is 11.6. The molecule has 0 atom stereocenters. The van der Waals surface area contributed by atoms with E-state index < -0.39 is 0 Å². The van der Waals surface area contributed by atoms with Crippen LogP contribution in [0.5, 0.6) is 0 Å². The van der Waals surface area contributed by atoms with Crippen LogP contribution in [0.15, 0.2) is 18.3 Å². The molecule has 96 valence electrons. The first kappa shape index (κ1) is 14.0. The highest BCUT2D eigenvalue weighted by Crippen LogP contribution is 2.18. The molecule has 0 N–H and O–H groups in total. The first-order chi connectivity index (χ1) is 8.40. The molecule has 0 amide bonds. The lowest BCUT2D eigenvalue weighted by atomic mass is 10.2. The van der Waals surface area contributed by atoms with Gasteiger partial charge in [0.25, 0.3) is 0 Å². The van der Waals surface area contributed by atoms with Crippen LogP contribution in [-0.2, 0) is 6.42 Å². The number of hydrogen-bond donors (Lipinski definition) is 0. The van der Waals surface area contributed by atoms with Crippen molar-refractivity contribution >= 4 is 5.69 Å². The van der Waals surface area contributed by atoms with E-state index in [1.165, 1.54) is 50.2 Å². The number of rotatable bonds is 2. The molecule has 0 aromatic carbocycles. The molecule has 1 aliphatic heterocycles. The predicted octanol–water partition coefficient (Wildman–Crippen LogP) is 4.05. The Kier molecular flexibility index (Phi) is 6.68. The average molecular weight is 234 g/mol. The van der Waals surface area contributed by atoms with E-state index in [2.05, 4.69) is 28.9 Å². The van der Waals surface area contributed by atoms with E-state index in [-0.39, 0.29) is 0 Å². The van der Waals surface area contributed by atoms with Gasteiger partial charge in [-0.15, -0.1) is 0 Å². The van der Waals surface area contributed by atoms with Gasteiger partial charge in [-0.25, -0.2) is 0 Å². The zero-order valence-corrected chi connectivity index (χ0v) is 11.6. The van der Waals surface area contributed by atoms with Crippen LogP contribution < -0.4 is 4.90 Å². The smallest absolute Gasteiger partial charge is 0.0552 e. The van der Waals surface area contributed by atoms with Crippen LogP contribution in [0.1, 0.15) is 52.1 Å². The third-order valence-electron chi connectivity index (χ3n) is 3.14. The molecule has 2 nitrogen and oxygen atoms in total. The highest BCUT2D eigenvalue weighted by atomic mass is 15.1. The van der Waals surface area contributed by atoms with Gasteiger partial charge in [-0.3, -0.25) is 4.98 Å². The minimum absolute atomic E-state index is 1.03. The molecule has 1 saturated heterocycles. The average Bonchev–Trinajstić information content (AvgIpc) is 2.70. The molecule has 0 unspecified atom stereocenters. The van der Waals surface area contributed by atoms with Gasteiger partial charge in [0.05, 0.1) is 11.9 Å². The number of aryl methyl sites for hydroxylation is 1. The van der Waals surface area contributed by atoms with Crippen molar-refractivity contribution in [2.75, 3.05) is 18.0 Å². The van der Waals surface area contributed by atoms with E-state index in [4.69, 9.17) is 0 Å². The van der Waals surface area contributed by atoms with E-state index >= 15 is 0 Å². The molecule has 1 aromatic heterocycles. The third kappa shape index (κ3) is 4.37. The topological polar surface area (TPSA) is 16.1 Å². The molecule has 0 aliphatic carbocycles. The standard InChI is InChI=1S/C13H20N2.C2H6/c1-2-12-7-8-13(11-14-12)15-9-5-3-4-6-10-15;1-2/h7-8,11H,2-6,9-10H2,1H3;1-2H3. The summed E-state index contributed by atoms with van der Waals surface area (Å²) < 4.78 is 0. The van der Waals surface area contributed by atoms with Crippen LogP contribution in [0.4, 0.5) is 5.69 Å². The second-order valence-corrected chi connectivity index (χ2v) is 4.26. The molecule has 1 aliphatic rings. The Morgan fingerprint density at radius 3 is 2.18 bits per heavy atom. The van der Waals surface area contributed by atoms with Crippen molar-refractivity contribution in [1.82, 2.24) is 4.98 Å². The highest BCUT2D eigenvalue weighted by molar-refractivity contribution is 5.44. The molecule has 17 heavy (non-hydrogen) atoms. The van der Waals surface area contributed by atoms with E-state index in [0.29, 0.717) is 0 Å². The minimum atomic E-state index is 1.03. The normalized spacial score (nSPS) is 15.8. The fourth-order valence-electron chi connectivity index (χ4n) is 2.14. The molecule has 0 radical (unpaired) electrons. The number of nitrogens with zero attached hydrogens (tertiary/aromatic N) is 2. The van der Waals surface area contributed by atoms with Crippen LogP contribution in [0.3, 0.4) is 0 Å². The Balaban J connectivity index is 0.000000686. The third-order valence-corrected chi connectivity index (χ3v) is 3.14. The molecular weight excluding hydrogens is 208 g/mol. The fraction of sp³-hybridized carbons (Fsp3) is 0.667. The van der Waals surface area contributed by atoms with Crippen LogP contribution in [0.2, 0.25) is 0 Å². The van der Waals surface area contributed by atoms with Gasteiger partial charge in [-0.05, 0) is 31.4 Å². The maximum Gasteiger partial charge on any atom is 0.0552 e. The molecule has 2 rings (SSSR count). The summed E-state index contributed by atoms with van der Waals surface area (Å²) in [6.07, 6.45) is 8.49. The maximum atomic E-state index is 4.46. The quantitative estimate of drug-likeness (QED) is 0.767. The first-order valence-electron chi connectivity index (χ1n) is 7.10. The van der Waals surface area contributed by atoms with Crippen LogP contribution in [-0.4, -0.2) is 18.1 Å². The summed E-state index contributed by atoms with van der Waals surface area (Å²) in [5.74, 6) is 0. The summed E-state index contributed by atoms with van der Waals surface area (Å²) in [4.78, 5) is 6.93. The van der Waals surface area contributed by atoms with Crippen molar-refractivity contribution in [2.24, 2.45) is 0 Å². The Bertz CT molecular complexity index is 284. The van der Waals surface area contributed by atoms with Gasteiger partial charge in [-0.2, -0.15) is 0 Å². The summed E-state index contributed by atoms with van der Waals surface area (Å²) in [6.45, 7) is 8.55. The molecule has 1 aromatic rings. The van der Waals surface area contributed by atoms with Gasteiger partial charge in [0.2, 0.25) is 0 Å². The fourth-order valence-corrected chi connectivity index (χ4v) is 2.14. The Labute approximate surface area is 106 Å². The maximum absolute atomic E-state index is 4.46. The van der Waals surface area contributed by atoms with Crippen molar-refractivity contribution in [2.45, 2.75) is 52.9 Å². The van der Waals surface area contributed by atoms with Crippen LogP contribution in [0.25, 0.3) is 0 Å². The molecule has 0 saturated carbocycles. The molecule has 2 heteroatoms. The summed E-state index contributed by atoms with van der Waals surface area (Å²) in [5, 5.41) is 0. The van der Waals surface area contributed by atoms with Crippen LogP contribution >= 0.6 is 0 Å². The van der Waals surface area contributed by atoms with Gasteiger partial charge in [0.15, 0.2) is 0 Å². The Morgan fingerprint density at radius 2 is 1.71 bits per heavy atom. The molecule has 2 heterocycles. The Hall–Kier alpha value is -1.05. The molecular formula is C15H26N2. The van der Waals surface area contributed by atoms with E-state index in [9.17, 15) is 0 Å². The lowest BCUT2D eigenvalue weighted by Crippen LogP contribution is -2.23. The van der Waals surface area contributed by atoms with Gasteiger partial charge in [0, 0.05) is 18.8 Å². The number of pyridine rings is 1. The minimum Gasteiger partial charge on any atom is -0.370 e. The van der Waals surface area contributed by atoms with Crippen molar-refractivity contribution in [1.29, 1.82) is 0 Å². The SMILES string of the molecule is CC.CCc1ccc(N2CCCCCC2)cn1.